The molecule has 0 atom stereocenters. The molecule has 0 fully saturated rings. The van der Waals surface area contributed by atoms with Gasteiger partial charge >= 0.3 is 11.6 Å². The molecule has 0 saturated heterocycles. The van der Waals surface area contributed by atoms with Crippen molar-refractivity contribution in [3.8, 4) is 11.6 Å². The minimum absolute atomic E-state index is 0.00133. The van der Waals surface area contributed by atoms with E-state index in [2.05, 4.69) is 20.3 Å². The number of rotatable bonds is 5. The number of ether oxygens (including phenoxy) is 1. The van der Waals surface area contributed by atoms with Crippen molar-refractivity contribution in [3.05, 3.63) is 81.8 Å². The summed E-state index contributed by atoms with van der Waals surface area (Å²) in [7, 11) is 0. The van der Waals surface area contributed by atoms with E-state index < -0.39 is 4.92 Å². The molecular weight excluding hydrogens is 394 g/mol. The van der Waals surface area contributed by atoms with E-state index in [1.54, 1.807) is 42.6 Å². The Morgan fingerprint density at radius 2 is 1.93 bits per heavy atom. The van der Waals surface area contributed by atoms with Crippen molar-refractivity contribution in [1.29, 1.82) is 0 Å². The van der Waals surface area contributed by atoms with Crippen LogP contribution in [0.15, 0.2) is 61.1 Å². The van der Waals surface area contributed by atoms with Crippen LogP contribution in [-0.4, -0.2) is 19.9 Å². The molecule has 29 heavy (non-hydrogen) atoms. The number of nitrogens with zero attached hydrogens (tertiary/aromatic N) is 4. The Morgan fingerprint density at radius 3 is 2.76 bits per heavy atom. The van der Waals surface area contributed by atoms with Gasteiger partial charge in [-0.1, -0.05) is 35.9 Å². The van der Waals surface area contributed by atoms with E-state index >= 15 is 0 Å². The Balaban J connectivity index is 1.77. The summed E-state index contributed by atoms with van der Waals surface area (Å²) in [4.78, 5) is 23.5. The normalized spacial score (nSPS) is 10.7. The lowest BCUT2D eigenvalue weighted by Crippen LogP contribution is -2.04. The molecular formula is C20H14ClN5O3. The number of aryl methyl sites for hydroxylation is 1. The molecule has 0 aliphatic rings. The van der Waals surface area contributed by atoms with Gasteiger partial charge in [-0.3, -0.25) is 15.1 Å². The molecule has 0 spiro atoms. The van der Waals surface area contributed by atoms with Gasteiger partial charge in [0.2, 0.25) is 5.82 Å². The third-order valence-electron chi connectivity index (χ3n) is 4.23. The van der Waals surface area contributed by atoms with Crippen molar-refractivity contribution >= 4 is 39.7 Å². The molecule has 4 rings (SSSR count). The van der Waals surface area contributed by atoms with Gasteiger partial charge in [0.25, 0.3) is 0 Å². The topological polar surface area (TPSA) is 103 Å². The van der Waals surface area contributed by atoms with Crippen LogP contribution in [0, 0.1) is 17.0 Å². The number of aromatic nitrogens is 3. The number of halogens is 1. The van der Waals surface area contributed by atoms with Gasteiger partial charge in [0.05, 0.1) is 4.92 Å². The summed E-state index contributed by atoms with van der Waals surface area (Å²) in [6.45, 7) is 1.85. The Bertz CT molecular complexity index is 1230. The molecule has 0 radical (unpaired) electrons. The summed E-state index contributed by atoms with van der Waals surface area (Å²) in [5, 5.41) is 16.1. The lowest BCUT2D eigenvalue weighted by atomic mass is 10.2. The summed E-state index contributed by atoms with van der Waals surface area (Å²) in [6, 6.07) is 14.2. The van der Waals surface area contributed by atoms with Crippen LogP contribution in [0.2, 0.25) is 5.02 Å². The number of fused-ring (bicyclic) bond motifs is 1. The zero-order valence-electron chi connectivity index (χ0n) is 15.2. The highest BCUT2D eigenvalue weighted by molar-refractivity contribution is 6.30. The minimum Gasteiger partial charge on any atom is -0.431 e. The highest BCUT2D eigenvalue weighted by Gasteiger charge is 2.26. The highest BCUT2D eigenvalue weighted by atomic mass is 35.5. The Morgan fingerprint density at radius 1 is 1.10 bits per heavy atom. The molecule has 2 heterocycles. The first kappa shape index (κ1) is 18.6. The van der Waals surface area contributed by atoms with Gasteiger partial charge in [0.1, 0.15) is 11.8 Å². The minimum atomic E-state index is -0.587. The van der Waals surface area contributed by atoms with Crippen molar-refractivity contribution in [2.45, 2.75) is 6.92 Å². The fourth-order valence-corrected chi connectivity index (χ4v) is 2.98. The van der Waals surface area contributed by atoms with Crippen LogP contribution in [0.5, 0.6) is 11.6 Å². The van der Waals surface area contributed by atoms with Gasteiger partial charge in [-0.05, 0) is 36.8 Å². The summed E-state index contributed by atoms with van der Waals surface area (Å²) < 4.78 is 5.80. The van der Waals surface area contributed by atoms with Crippen molar-refractivity contribution in [3.63, 3.8) is 0 Å². The summed E-state index contributed by atoms with van der Waals surface area (Å²) in [5.41, 5.74) is 1.63. The highest BCUT2D eigenvalue weighted by Crippen LogP contribution is 2.37. The molecule has 144 valence electrons. The molecule has 2 aromatic carbocycles. The van der Waals surface area contributed by atoms with Gasteiger partial charge in [0, 0.05) is 22.3 Å². The fourth-order valence-electron chi connectivity index (χ4n) is 2.81. The molecule has 0 amide bonds. The number of nitro groups is 1. The number of pyridine rings is 1. The molecule has 0 aliphatic heterocycles. The van der Waals surface area contributed by atoms with E-state index in [0.717, 1.165) is 10.9 Å². The van der Waals surface area contributed by atoms with Crippen LogP contribution >= 0.6 is 11.6 Å². The van der Waals surface area contributed by atoms with Crippen molar-refractivity contribution in [1.82, 2.24) is 15.0 Å². The largest absolute Gasteiger partial charge is 0.431 e. The summed E-state index contributed by atoms with van der Waals surface area (Å²) >= 11 is 6.04. The maximum Gasteiger partial charge on any atom is 0.373 e. The van der Waals surface area contributed by atoms with Crippen molar-refractivity contribution in [2.75, 3.05) is 5.32 Å². The number of hydrogen-bond donors (Lipinski definition) is 1. The van der Waals surface area contributed by atoms with Gasteiger partial charge in [0.15, 0.2) is 5.75 Å². The Kier molecular flexibility index (Phi) is 4.92. The van der Waals surface area contributed by atoms with Crippen LogP contribution in [0.3, 0.4) is 0 Å². The van der Waals surface area contributed by atoms with Crippen LogP contribution in [0.1, 0.15) is 5.56 Å². The van der Waals surface area contributed by atoms with Gasteiger partial charge in [-0.2, -0.15) is 4.98 Å². The Hall–Kier alpha value is -3.78. The second-order valence-electron chi connectivity index (χ2n) is 6.15. The quantitative estimate of drug-likeness (QED) is 0.347. The maximum atomic E-state index is 11.8. The zero-order chi connectivity index (χ0) is 20.4. The lowest BCUT2D eigenvalue weighted by molar-refractivity contribution is -0.385. The zero-order valence-corrected chi connectivity index (χ0v) is 15.9. The first-order valence-corrected chi connectivity index (χ1v) is 8.95. The fraction of sp³-hybridized carbons (Fsp3) is 0.0500. The van der Waals surface area contributed by atoms with Crippen LogP contribution in [0.4, 0.5) is 17.2 Å². The average molecular weight is 408 g/mol. The van der Waals surface area contributed by atoms with Crippen LogP contribution in [-0.2, 0) is 0 Å². The number of para-hydroxylation sites is 1. The van der Waals surface area contributed by atoms with E-state index in [9.17, 15) is 10.1 Å². The predicted octanol–water partition coefficient (Wildman–Crippen LogP) is 5.43. The van der Waals surface area contributed by atoms with Crippen molar-refractivity contribution < 1.29 is 9.66 Å². The first-order chi connectivity index (χ1) is 14.0. The van der Waals surface area contributed by atoms with E-state index in [-0.39, 0.29) is 17.4 Å². The standard InChI is InChI=1S/C20H14ClN5O3/c1-12-7-8-14(21)10-15(12)25-19-18(26(27)28)20(24-11-23-19)29-16-6-2-4-13-5-3-9-22-17(13)16/h2-11H,1H3,(H,23,24,25). The molecule has 8 nitrogen and oxygen atoms in total. The summed E-state index contributed by atoms with van der Waals surface area (Å²) in [5.74, 6) is 0.165. The van der Waals surface area contributed by atoms with E-state index in [1.807, 2.05) is 19.1 Å². The maximum absolute atomic E-state index is 11.8. The monoisotopic (exact) mass is 407 g/mol. The van der Waals surface area contributed by atoms with Crippen LogP contribution < -0.4 is 10.1 Å². The molecule has 1 N–H and O–H groups in total. The number of anilines is 2. The van der Waals surface area contributed by atoms with Gasteiger partial charge in [-0.15, -0.1) is 0 Å². The third kappa shape index (κ3) is 3.78. The molecule has 0 saturated carbocycles. The first-order valence-electron chi connectivity index (χ1n) is 8.57. The molecule has 0 bridgehead atoms. The lowest BCUT2D eigenvalue weighted by Gasteiger charge is -2.12. The molecule has 4 aromatic rings. The number of benzene rings is 2. The SMILES string of the molecule is Cc1ccc(Cl)cc1Nc1ncnc(Oc2cccc3cccnc23)c1[N+](=O)[O-]. The number of nitrogens with one attached hydrogen (secondary N) is 1. The average Bonchev–Trinajstić information content (AvgIpc) is 2.71. The summed E-state index contributed by atoms with van der Waals surface area (Å²) in [6.07, 6.45) is 2.82. The smallest absolute Gasteiger partial charge is 0.373 e. The van der Waals surface area contributed by atoms with E-state index in [1.165, 1.54) is 6.33 Å². The molecule has 0 aliphatic carbocycles. The second-order valence-corrected chi connectivity index (χ2v) is 6.59. The third-order valence-corrected chi connectivity index (χ3v) is 4.46. The molecule has 9 heteroatoms. The Labute approximate surface area is 170 Å². The second kappa shape index (κ2) is 7.69. The number of hydrogen-bond acceptors (Lipinski definition) is 7. The van der Waals surface area contributed by atoms with Crippen LogP contribution in [0.25, 0.3) is 10.9 Å². The molecule has 0 unspecified atom stereocenters. The van der Waals surface area contributed by atoms with Crippen molar-refractivity contribution in [2.24, 2.45) is 0 Å². The predicted molar refractivity (Wildman–Crippen MR) is 110 cm³/mol. The van der Waals surface area contributed by atoms with E-state index in [4.69, 9.17) is 16.3 Å². The van der Waals surface area contributed by atoms with Gasteiger partial charge in [-0.25, -0.2) is 4.98 Å². The van der Waals surface area contributed by atoms with Gasteiger partial charge < -0.3 is 10.1 Å². The molecule has 2 aromatic heterocycles. The van der Waals surface area contributed by atoms with E-state index in [0.29, 0.717) is 22.0 Å².